The van der Waals surface area contributed by atoms with Crippen molar-refractivity contribution in [3.8, 4) is 0 Å². The van der Waals surface area contributed by atoms with Crippen molar-refractivity contribution in [2.75, 3.05) is 54.5 Å². The smallest absolute Gasteiger partial charge is 0.326 e. The van der Waals surface area contributed by atoms with Gasteiger partial charge in [-0.25, -0.2) is 0 Å². The van der Waals surface area contributed by atoms with Gasteiger partial charge in [-0.2, -0.15) is 0 Å². The van der Waals surface area contributed by atoms with E-state index in [9.17, 15) is 14.4 Å². The number of anilines is 2. The molecular formula is C33H48Cl2N2O5. The van der Waals surface area contributed by atoms with E-state index in [4.69, 9.17) is 32.7 Å². The summed E-state index contributed by atoms with van der Waals surface area (Å²) in [7, 11) is 0. The van der Waals surface area contributed by atoms with Gasteiger partial charge in [0, 0.05) is 13.2 Å². The summed E-state index contributed by atoms with van der Waals surface area (Å²) in [5.41, 5.74) is 6.23. The number of halogens is 2. The predicted molar refractivity (Wildman–Crippen MR) is 174 cm³/mol. The predicted octanol–water partition coefficient (Wildman–Crippen LogP) is 6.76. The number of aryl methyl sites for hydroxylation is 4. The minimum atomic E-state index is -0.427. The molecule has 9 heteroatoms. The third kappa shape index (κ3) is 11.2. The molecule has 0 fully saturated rings. The molecule has 0 aliphatic carbocycles. The van der Waals surface area contributed by atoms with Crippen molar-refractivity contribution in [2.45, 2.75) is 73.6 Å². The van der Waals surface area contributed by atoms with Gasteiger partial charge in [-0.1, -0.05) is 71.0 Å². The number of esters is 1. The van der Waals surface area contributed by atoms with E-state index < -0.39 is 5.97 Å². The van der Waals surface area contributed by atoms with Gasteiger partial charge in [-0.05, 0) is 61.3 Å². The number of amides is 2. The zero-order valence-electron chi connectivity index (χ0n) is 26.1. The molecule has 234 valence electrons. The van der Waals surface area contributed by atoms with Crippen molar-refractivity contribution in [1.29, 1.82) is 0 Å². The molecule has 0 N–H and O–H groups in total. The third-order valence-corrected chi connectivity index (χ3v) is 7.16. The van der Waals surface area contributed by atoms with E-state index >= 15 is 0 Å². The van der Waals surface area contributed by atoms with E-state index in [1.54, 1.807) is 11.8 Å². The number of nitrogens with zero attached hydrogens (tertiary/aromatic N) is 2. The Balaban J connectivity index is 0.000000420. The Labute approximate surface area is 262 Å². The van der Waals surface area contributed by atoms with E-state index in [2.05, 4.69) is 39.0 Å². The summed E-state index contributed by atoms with van der Waals surface area (Å²) in [6, 6.07) is 12.1. The molecule has 0 spiro atoms. The SMILES string of the molecule is CCCOCCN(C(=O)CCl)c1c(CC)cccc1CC.CCOC(=O)CN(C(=O)CCl)c1c(CC)cccc1CC. The van der Waals surface area contributed by atoms with Crippen LogP contribution >= 0.6 is 23.2 Å². The quantitative estimate of drug-likeness (QED) is 0.117. The fraction of sp³-hybridized carbons (Fsp3) is 0.545. The lowest BCUT2D eigenvalue weighted by Crippen LogP contribution is -2.38. The second kappa shape index (κ2) is 21.1. The molecule has 42 heavy (non-hydrogen) atoms. The molecule has 0 aromatic heterocycles. The molecule has 0 saturated heterocycles. The normalized spacial score (nSPS) is 10.5. The van der Waals surface area contributed by atoms with Gasteiger partial charge in [-0.3, -0.25) is 19.3 Å². The summed E-state index contributed by atoms with van der Waals surface area (Å²) in [6.45, 7) is 14.1. The molecule has 0 aliphatic rings. The van der Waals surface area contributed by atoms with Gasteiger partial charge in [0.2, 0.25) is 11.8 Å². The Morgan fingerprint density at radius 2 is 1.10 bits per heavy atom. The highest BCUT2D eigenvalue weighted by Crippen LogP contribution is 2.28. The van der Waals surface area contributed by atoms with E-state index in [1.807, 2.05) is 32.0 Å². The molecule has 0 atom stereocenters. The number of carbonyl (C=O) groups is 3. The summed E-state index contributed by atoms with van der Waals surface area (Å²) >= 11 is 11.5. The van der Waals surface area contributed by atoms with Gasteiger partial charge in [0.05, 0.1) is 24.6 Å². The fourth-order valence-corrected chi connectivity index (χ4v) is 4.95. The number of rotatable bonds is 16. The van der Waals surface area contributed by atoms with Crippen LogP contribution in [0.25, 0.3) is 0 Å². The summed E-state index contributed by atoms with van der Waals surface area (Å²) in [5.74, 6) is -0.952. The minimum Gasteiger partial charge on any atom is -0.465 e. The maximum absolute atomic E-state index is 12.3. The largest absolute Gasteiger partial charge is 0.465 e. The van der Waals surface area contributed by atoms with Gasteiger partial charge in [-0.15, -0.1) is 23.2 Å². The van der Waals surface area contributed by atoms with E-state index in [0.717, 1.165) is 61.2 Å². The van der Waals surface area contributed by atoms with Crippen molar-refractivity contribution in [2.24, 2.45) is 0 Å². The van der Waals surface area contributed by atoms with Crippen LogP contribution in [0.3, 0.4) is 0 Å². The number of ether oxygens (including phenoxy) is 2. The topological polar surface area (TPSA) is 76.2 Å². The first-order valence-corrected chi connectivity index (χ1v) is 16.0. The molecule has 2 amide bonds. The van der Waals surface area contributed by atoms with Crippen LogP contribution in [0.4, 0.5) is 11.4 Å². The second-order valence-electron chi connectivity index (χ2n) is 9.47. The first kappa shape index (κ1) is 37.4. The van der Waals surface area contributed by atoms with Crippen LogP contribution in [0.1, 0.15) is 70.2 Å². The Morgan fingerprint density at radius 1 is 0.667 bits per heavy atom. The summed E-state index contributed by atoms with van der Waals surface area (Å²) in [6.07, 6.45) is 4.32. The Kier molecular flexibility index (Phi) is 18.8. The lowest BCUT2D eigenvalue weighted by Gasteiger charge is -2.27. The highest BCUT2D eigenvalue weighted by atomic mass is 35.5. The molecule has 2 aromatic rings. The van der Waals surface area contributed by atoms with Gasteiger partial charge in [0.1, 0.15) is 18.3 Å². The first-order chi connectivity index (χ1) is 20.3. The standard InChI is InChI=1S/C17H26ClNO2.C16H22ClNO3/c1-4-11-21-12-10-19(16(20)13-18)17-14(5-2)8-7-9-15(17)6-3;1-4-12-8-7-9-13(5-2)16(12)18(14(19)10-17)11-15(20)21-6-3/h7-9H,4-6,10-13H2,1-3H3;7-9H,4-6,10-11H2,1-3H3. The zero-order valence-corrected chi connectivity index (χ0v) is 27.7. The maximum atomic E-state index is 12.3. The summed E-state index contributed by atoms with van der Waals surface area (Å²) in [5, 5.41) is 0. The Hall–Kier alpha value is -2.61. The minimum absolute atomic E-state index is 0.00498. The van der Waals surface area contributed by atoms with E-state index in [1.165, 1.54) is 16.0 Å². The molecule has 7 nitrogen and oxygen atoms in total. The average Bonchev–Trinajstić information content (AvgIpc) is 3.02. The van der Waals surface area contributed by atoms with Gasteiger partial charge in [0.25, 0.3) is 0 Å². The van der Waals surface area contributed by atoms with Crippen molar-refractivity contribution in [1.82, 2.24) is 0 Å². The maximum Gasteiger partial charge on any atom is 0.326 e. The molecule has 0 radical (unpaired) electrons. The lowest BCUT2D eigenvalue weighted by molar-refractivity contribution is -0.142. The summed E-state index contributed by atoms with van der Waals surface area (Å²) in [4.78, 5) is 39.5. The molecule has 2 aromatic carbocycles. The van der Waals surface area contributed by atoms with Gasteiger partial charge < -0.3 is 14.4 Å². The number of hydrogen-bond acceptors (Lipinski definition) is 5. The third-order valence-electron chi connectivity index (χ3n) is 6.70. The summed E-state index contributed by atoms with van der Waals surface area (Å²) < 4.78 is 10.5. The first-order valence-electron chi connectivity index (χ1n) is 14.9. The van der Waals surface area contributed by atoms with Crippen LogP contribution in [0.15, 0.2) is 36.4 Å². The van der Waals surface area contributed by atoms with Crippen LogP contribution in [-0.2, 0) is 49.5 Å². The van der Waals surface area contributed by atoms with Gasteiger partial charge in [0.15, 0.2) is 0 Å². The Bertz CT molecular complexity index is 1080. The molecule has 0 heterocycles. The van der Waals surface area contributed by atoms with E-state index in [-0.39, 0.29) is 36.7 Å². The monoisotopic (exact) mass is 622 g/mol. The molecule has 0 aliphatic heterocycles. The van der Waals surface area contributed by atoms with Crippen LogP contribution in [0.5, 0.6) is 0 Å². The molecule has 2 rings (SSSR count). The van der Waals surface area contributed by atoms with E-state index in [0.29, 0.717) is 13.2 Å². The molecular weight excluding hydrogens is 575 g/mol. The van der Waals surface area contributed by atoms with Crippen LogP contribution in [0, 0.1) is 0 Å². The van der Waals surface area contributed by atoms with Crippen LogP contribution in [0.2, 0.25) is 0 Å². The number of alkyl halides is 2. The number of carbonyl (C=O) groups excluding carboxylic acids is 3. The zero-order chi connectivity index (χ0) is 31.5. The lowest BCUT2D eigenvalue weighted by atomic mass is 10.0. The van der Waals surface area contributed by atoms with Crippen LogP contribution in [-0.4, -0.2) is 62.5 Å². The van der Waals surface area contributed by atoms with Crippen molar-refractivity contribution >= 4 is 52.4 Å². The molecule has 0 saturated carbocycles. The second-order valence-corrected chi connectivity index (χ2v) is 10.0. The number of hydrogen-bond donors (Lipinski definition) is 0. The number of para-hydroxylation sites is 2. The van der Waals surface area contributed by atoms with Crippen molar-refractivity contribution < 1.29 is 23.9 Å². The Morgan fingerprint density at radius 3 is 1.48 bits per heavy atom. The highest BCUT2D eigenvalue weighted by Gasteiger charge is 2.23. The molecule has 0 unspecified atom stereocenters. The average molecular weight is 624 g/mol. The van der Waals surface area contributed by atoms with Gasteiger partial charge >= 0.3 is 5.97 Å². The van der Waals surface area contributed by atoms with Crippen LogP contribution < -0.4 is 9.80 Å². The van der Waals surface area contributed by atoms with Crippen molar-refractivity contribution in [3.63, 3.8) is 0 Å². The van der Waals surface area contributed by atoms with Crippen molar-refractivity contribution in [3.05, 3.63) is 58.7 Å². The number of benzene rings is 2. The molecule has 0 bridgehead atoms. The fourth-order valence-electron chi connectivity index (χ4n) is 4.66. The highest BCUT2D eigenvalue weighted by molar-refractivity contribution is 6.30.